The number of H-pyrrole nitrogens is 1. The summed E-state index contributed by atoms with van der Waals surface area (Å²) in [7, 11) is 0. The van der Waals surface area contributed by atoms with Crippen LogP contribution in [0.5, 0.6) is 0 Å². The third-order valence-electron chi connectivity index (χ3n) is 3.46. The van der Waals surface area contributed by atoms with E-state index >= 15 is 0 Å². The molecule has 2 rings (SSSR count). The Hall–Kier alpha value is -1.30. The van der Waals surface area contributed by atoms with Crippen molar-refractivity contribution in [3.8, 4) is 0 Å². The van der Waals surface area contributed by atoms with Gasteiger partial charge in [0.25, 0.3) is 5.91 Å². The van der Waals surface area contributed by atoms with Gasteiger partial charge in [-0.1, -0.05) is 25.7 Å². The zero-order valence-electron chi connectivity index (χ0n) is 10.7. The average Bonchev–Trinajstić information content (AvgIpc) is 3.04. The normalized spacial score (nSPS) is 15.4. The number of aromatic amines is 1. The Balaban J connectivity index is 1.66. The zero-order chi connectivity index (χ0) is 13.7. The number of aromatic nitrogens is 1. The molecule has 0 atom stereocenters. The Labute approximate surface area is 120 Å². The standard InChI is InChI=1S/C13H18BrN3O2/c14-10-7-11(15-8-10)13(19)17-16-12(18)6-5-9-3-1-2-4-9/h7-9,15H,1-6H2,(H,16,18)(H,17,19). The number of nitrogens with one attached hydrogen (secondary N) is 3. The summed E-state index contributed by atoms with van der Waals surface area (Å²) in [5.41, 5.74) is 5.24. The number of amides is 2. The maximum Gasteiger partial charge on any atom is 0.286 e. The van der Waals surface area contributed by atoms with Crippen molar-refractivity contribution in [3.05, 3.63) is 22.4 Å². The van der Waals surface area contributed by atoms with Crippen LogP contribution in [0.1, 0.15) is 49.0 Å². The molecule has 1 aliphatic rings. The zero-order valence-corrected chi connectivity index (χ0v) is 12.3. The van der Waals surface area contributed by atoms with Gasteiger partial charge in [0.2, 0.25) is 5.91 Å². The van der Waals surface area contributed by atoms with Crippen LogP contribution in [-0.2, 0) is 4.79 Å². The minimum absolute atomic E-state index is 0.133. The van der Waals surface area contributed by atoms with Gasteiger partial charge in [-0.15, -0.1) is 0 Å². The second kappa shape index (κ2) is 6.75. The lowest BCUT2D eigenvalue weighted by atomic mass is 10.0. The second-order valence-corrected chi connectivity index (χ2v) is 5.84. The molecule has 0 aliphatic heterocycles. The number of halogens is 1. The maximum absolute atomic E-state index is 11.6. The van der Waals surface area contributed by atoms with Crippen LogP contribution in [0.2, 0.25) is 0 Å². The summed E-state index contributed by atoms with van der Waals surface area (Å²) < 4.78 is 0.796. The molecule has 3 N–H and O–H groups in total. The molecule has 6 heteroatoms. The van der Waals surface area contributed by atoms with Crippen LogP contribution in [0.15, 0.2) is 16.7 Å². The fourth-order valence-corrected chi connectivity index (χ4v) is 2.73. The van der Waals surface area contributed by atoms with Gasteiger partial charge >= 0.3 is 0 Å². The minimum Gasteiger partial charge on any atom is -0.356 e. The number of rotatable bonds is 4. The molecule has 0 bridgehead atoms. The summed E-state index contributed by atoms with van der Waals surface area (Å²) in [5.74, 6) is 0.201. The molecule has 0 aromatic carbocycles. The molecule has 5 nitrogen and oxygen atoms in total. The summed E-state index contributed by atoms with van der Waals surface area (Å²) in [6.07, 6.45) is 8.08. The van der Waals surface area contributed by atoms with Gasteiger partial charge in [0.15, 0.2) is 0 Å². The van der Waals surface area contributed by atoms with Crippen LogP contribution >= 0.6 is 15.9 Å². The highest BCUT2D eigenvalue weighted by Gasteiger charge is 2.16. The number of hydrogen-bond acceptors (Lipinski definition) is 2. The van der Waals surface area contributed by atoms with Crippen molar-refractivity contribution in [1.29, 1.82) is 0 Å². The molecule has 0 radical (unpaired) electrons. The number of carbonyl (C=O) groups excluding carboxylic acids is 2. The molecule has 1 heterocycles. The topological polar surface area (TPSA) is 74.0 Å². The summed E-state index contributed by atoms with van der Waals surface area (Å²) in [5, 5.41) is 0. The molecule has 0 spiro atoms. The van der Waals surface area contributed by atoms with E-state index in [1.807, 2.05) is 0 Å². The van der Waals surface area contributed by atoms with E-state index in [0.29, 0.717) is 18.0 Å². The summed E-state index contributed by atoms with van der Waals surface area (Å²) >= 11 is 3.24. The van der Waals surface area contributed by atoms with E-state index in [1.54, 1.807) is 12.3 Å². The predicted octanol–water partition coefficient (Wildman–Crippen LogP) is 2.51. The molecule has 19 heavy (non-hydrogen) atoms. The first-order valence-electron chi connectivity index (χ1n) is 6.58. The first-order chi connectivity index (χ1) is 9.15. The first-order valence-corrected chi connectivity index (χ1v) is 7.37. The largest absolute Gasteiger partial charge is 0.356 e. The van der Waals surface area contributed by atoms with E-state index in [-0.39, 0.29) is 11.8 Å². The average molecular weight is 328 g/mol. The Morgan fingerprint density at radius 1 is 1.32 bits per heavy atom. The highest BCUT2D eigenvalue weighted by Crippen LogP contribution is 2.28. The van der Waals surface area contributed by atoms with Gasteiger partial charge in [0.1, 0.15) is 5.69 Å². The van der Waals surface area contributed by atoms with Gasteiger partial charge in [-0.05, 0) is 34.3 Å². The van der Waals surface area contributed by atoms with Crippen molar-refractivity contribution in [3.63, 3.8) is 0 Å². The SMILES string of the molecule is O=C(CCC1CCCC1)NNC(=O)c1cc(Br)c[nH]1. The van der Waals surface area contributed by atoms with E-state index in [2.05, 4.69) is 31.8 Å². The van der Waals surface area contributed by atoms with Crippen molar-refractivity contribution in [2.24, 2.45) is 5.92 Å². The second-order valence-electron chi connectivity index (χ2n) is 4.92. The first kappa shape index (κ1) is 14.1. The van der Waals surface area contributed by atoms with Crippen molar-refractivity contribution < 1.29 is 9.59 Å². The van der Waals surface area contributed by atoms with Gasteiger partial charge < -0.3 is 4.98 Å². The lowest BCUT2D eigenvalue weighted by molar-refractivity contribution is -0.122. The van der Waals surface area contributed by atoms with Crippen LogP contribution in [-0.4, -0.2) is 16.8 Å². The Morgan fingerprint density at radius 3 is 2.68 bits per heavy atom. The number of hydrazine groups is 1. The van der Waals surface area contributed by atoms with E-state index in [9.17, 15) is 9.59 Å². The molecule has 0 unspecified atom stereocenters. The van der Waals surface area contributed by atoms with Crippen LogP contribution in [0.4, 0.5) is 0 Å². The van der Waals surface area contributed by atoms with E-state index in [0.717, 1.165) is 10.9 Å². The monoisotopic (exact) mass is 327 g/mol. The van der Waals surface area contributed by atoms with E-state index < -0.39 is 0 Å². The lowest BCUT2D eigenvalue weighted by Gasteiger charge is -2.09. The Morgan fingerprint density at radius 2 is 2.05 bits per heavy atom. The van der Waals surface area contributed by atoms with Crippen molar-refractivity contribution in [2.45, 2.75) is 38.5 Å². The van der Waals surface area contributed by atoms with Gasteiger partial charge in [-0.3, -0.25) is 20.4 Å². The molecule has 2 amide bonds. The third kappa shape index (κ3) is 4.38. The Bertz CT molecular complexity index is 452. The molecule has 1 aromatic rings. The van der Waals surface area contributed by atoms with Crippen LogP contribution < -0.4 is 10.9 Å². The van der Waals surface area contributed by atoms with E-state index in [1.165, 1.54) is 25.7 Å². The quantitative estimate of drug-likeness (QED) is 0.743. The fraction of sp³-hybridized carbons (Fsp3) is 0.538. The van der Waals surface area contributed by atoms with Crippen LogP contribution in [0, 0.1) is 5.92 Å². The molecule has 0 saturated heterocycles. The molecular formula is C13H18BrN3O2. The highest BCUT2D eigenvalue weighted by molar-refractivity contribution is 9.10. The molecule has 104 valence electrons. The molecule has 1 fully saturated rings. The maximum atomic E-state index is 11.6. The Kier molecular flexibility index (Phi) is 5.01. The van der Waals surface area contributed by atoms with Crippen LogP contribution in [0.25, 0.3) is 0 Å². The van der Waals surface area contributed by atoms with Gasteiger partial charge in [0, 0.05) is 17.1 Å². The van der Waals surface area contributed by atoms with Gasteiger partial charge in [-0.2, -0.15) is 0 Å². The highest BCUT2D eigenvalue weighted by atomic mass is 79.9. The summed E-state index contributed by atoms with van der Waals surface area (Å²) in [4.78, 5) is 26.0. The lowest BCUT2D eigenvalue weighted by Crippen LogP contribution is -2.41. The smallest absolute Gasteiger partial charge is 0.286 e. The third-order valence-corrected chi connectivity index (χ3v) is 3.92. The molecule has 1 saturated carbocycles. The van der Waals surface area contributed by atoms with E-state index in [4.69, 9.17) is 0 Å². The number of carbonyl (C=O) groups is 2. The fourth-order valence-electron chi connectivity index (χ4n) is 2.39. The summed E-state index contributed by atoms with van der Waals surface area (Å²) in [6, 6.07) is 1.65. The molecule has 1 aromatic heterocycles. The minimum atomic E-state index is -0.347. The van der Waals surface area contributed by atoms with Crippen molar-refractivity contribution in [2.75, 3.05) is 0 Å². The summed E-state index contributed by atoms with van der Waals surface area (Å²) in [6.45, 7) is 0. The predicted molar refractivity (Wildman–Crippen MR) is 75.3 cm³/mol. The van der Waals surface area contributed by atoms with Crippen molar-refractivity contribution in [1.82, 2.24) is 15.8 Å². The van der Waals surface area contributed by atoms with Crippen molar-refractivity contribution >= 4 is 27.7 Å². The molecule has 1 aliphatic carbocycles. The van der Waals surface area contributed by atoms with Gasteiger partial charge in [-0.25, -0.2) is 0 Å². The van der Waals surface area contributed by atoms with Gasteiger partial charge in [0.05, 0.1) is 0 Å². The number of hydrogen-bond donors (Lipinski definition) is 3. The molecular weight excluding hydrogens is 310 g/mol. The van der Waals surface area contributed by atoms with Crippen LogP contribution in [0.3, 0.4) is 0 Å².